The van der Waals surface area contributed by atoms with Crippen LogP contribution in [-0.4, -0.2) is 16.1 Å². The number of pyridine rings is 1. The third kappa shape index (κ3) is 2.36. The Kier molecular flexibility index (Phi) is 3.02. The van der Waals surface area contributed by atoms with Gasteiger partial charge in [-0.2, -0.15) is 0 Å². The molecular formula is C12H16N2O. The summed E-state index contributed by atoms with van der Waals surface area (Å²) in [5.41, 5.74) is 8.18. The number of hydrogen-bond acceptors (Lipinski definition) is 3. The Bertz CT molecular complexity index is 353. The van der Waals surface area contributed by atoms with Crippen molar-refractivity contribution in [3.8, 4) is 0 Å². The van der Waals surface area contributed by atoms with E-state index in [9.17, 15) is 5.11 Å². The fraction of sp³-hybridized carbons (Fsp3) is 0.417. The molecule has 1 aromatic heterocycles. The number of hydrogen-bond donors (Lipinski definition) is 2. The molecular weight excluding hydrogens is 188 g/mol. The summed E-state index contributed by atoms with van der Waals surface area (Å²) in [4.78, 5) is 3.94. The highest BCUT2D eigenvalue weighted by Crippen LogP contribution is 2.29. The van der Waals surface area contributed by atoms with Crippen LogP contribution >= 0.6 is 0 Å². The minimum Gasteiger partial charge on any atom is -0.511 e. The van der Waals surface area contributed by atoms with E-state index in [1.807, 2.05) is 12.1 Å². The molecule has 1 aromatic rings. The number of aliphatic hydroxyl groups is 1. The average Bonchev–Trinajstić information content (AvgIpc) is 2.16. The second-order valence-electron chi connectivity index (χ2n) is 4.01. The van der Waals surface area contributed by atoms with Gasteiger partial charge in [-0.05, 0) is 49.0 Å². The van der Waals surface area contributed by atoms with Crippen molar-refractivity contribution in [2.75, 3.05) is 0 Å². The normalized spacial score (nSPS) is 17.0. The van der Waals surface area contributed by atoms with E-state index in [0.717, 1.165) is 24.0 Å². The summed E-state index contributed by atoms with van der Waals surface area (Å²) >= 11 is 0. The molecule has 3 nitrogen and oxygen atoms in total. The van der Waals surface area contributed by atoms with Crippen LogP contribution in [0.2, 0.25) is 0 Å². The number of aromatic nitrogens is 1. The van der Waals surface area contributed by atoms with E-state index in [1.54, 1.807) is 12.4 Å². The van der Waals surface area contributed by atoms with Crippen LogP contribution in [-0.2, 0) is 6.42 Å². The molecule has 0 spiro atoms. The van der Waals surface area contributed by atoms with Gasteiger partial charge < -0.3 is 10.8 Å². The molecule has 0 bridgehead atoms. The molecule has 1 saturated carbocycles. The van der Waals surface area contributed by atoms with Crippen LogP contribution in [0.25, 0.3) is 0 Å². The molecule has 1 aliphatic rings. The van der Waals surface area contributed by atoms with Gasteiger partial charge in [0, 0.05) is 12.4 Å². The lowest BCUT2D eigenvalue weighted by Crippen LogP contribution is -2.27. The van der Waals surface area contributed by atoms with Gasteiger partial charge in [-0.1, -0.05) is 0 Å². The van der Waals surface area contributed by atoms with E-state index in [2.05, 4.69) is 4.98 Å². The lowest BCUT2D eigenvalue weighted by atomic mass is 9.88. The molecule has 0 aromatic carbocycles. The number of nitrogens with two attached hydrogens (primary N) is 1. The first-order valence-electron chi connectivity index (χ1n) is 5.32. The van der Waals surface area contributed by atoms with Crippen LogP contribution in [0.1, 0.15) is 24.8 Å². The quantitative estimate of drug-likeness (QED) is 0.740. The summed E-state index contributed by atoms with van der Waals surface area (Å²) in [6.45, 7) is 0. The van der Waals surface area contributed by atoms with E-state index >= 15 is 0 Å². The second-order valence-corrected chi connectivity index (χ2v) is 4.01. The fourth-order valence-corrected chi connectivity index (χ4v) is 1.74. The van der Waals surface area contributed by atoms with Crippen molar-refractivity contribution in [2.45, 2.75) is 31.7 Å². The van der Waals surface area contributed by atoms with Gasteiger partial charge in [0.1, 0.15) is 5.76 Å². The highest BCUT2D eigenvalue weighted by molar-refractivity contribution is 5.21. The molecule has 0 saturated heterocycles. The van der Waals surface area contributed by atoms with Crippen molar-refractivity contribution < 1.29 is 5.11 Å². The first-order chi connectivity index (χ1) is 7.27. The smallest absolute Gasteiger partial charge is 0.108 e. The van der Waals surface area contributed by atoms with Crippen LogP contribution in [0.4, 0.5) is 0 Å². The highest BCUT2D eigenvalue weighted by atomic mass is 16.3. The summed E-state index contributed by atoms with van der Waals surface area (Å²) < 4.78 is 0. The van der Waals surface area contributed by atoms with Crippen LogP contribution < -0.4 is 5.73 Å². The van der Waals surface area contributed by atoms with Crippen LogP contribution in [0.15, 0.2) is 35.9 Å². The van der Waals surface area contributed by atoms with Gasteiger partial charge in [0.05, 0.1) is 6.04 Å². The molecule has 0 aliphatic heterocycles. The van der Waals surface area contributed by atoms with Crippen LogP contribution in [0, 0.1) is 0 Å². The minimum atomic E-state index is -0.261. The Morgan fingerprint density at radius 3 is 2.60 bits per heavy atom. The molecule has 3 N–H and O–H groups in total. The van der Waals surface area contributed by atoms with Crippen LogP contribution in [0.5, 0.6) is 0 Å². The van der Waals surface area contributed by atoms with Gasteiger partial charge in [0.2, 0.25) is 0 Å². The number of aliphatic hydroxyl groups excluding tert-OH is 1. The molecule has 0 unspecified atom stereocenters. The standard InChI is InChI=1S/C12H16N2O/c13-11(12(15)10-2-1-3-10)8-9-4-6-14-7-5-9/h4-7,11,15H,1-3,8,13H2/t11-/m0/s1. The van der Waals surface area contributed by atoms with Crippen molar-refractivity contribution in [3.63, 3.8) is 0 Å². The largest absolute Gasteiger partial charge is 0.511 e. The Hall–Kier alpha value is -1.35. The SMILES string of the molecule is N[C@@H](Cc1ccncc1)C(O)=C1CCC1. The molecule has 0 amide bonds. The van der Waals surface area contributed by atoms with E-state index in [0.29, 0.717) is 12.2 Å². The molecule has 80 valence electrons. The summed E-state index contributed by atoms with van der Waals surface area (Å²) in [5, 5.41) is 9.84. The van der Waals surface area contributed by atoms with E-state index in [1.165, 1.54) is 6.42 Å². The second kappa shape index (κ2) is 4.45. The molecule has 1 aliphatic carbocycles. The zero-order chi connectivity index (χ0) is 10.7. The van der Waals surface area contributed by atoms with Gasteiger partial charge >= 0.3 is 0 Å². The molecule has 15 heavy (non-hydrogen) atoms. The Morgan fingerprint density at radius 1 is 1.40 bits per heavy atom. The van der Waals surface area contributed by atoms with Gasteiger partial charge in [-0.25, -0.2) is 0 Å². The summed E-state index contributed by atoms with van der Waals surface area (Å²) in [6.07, 6.45) is 7.37. The fourth-order valence-electron chi connectivity index (χ4n) is 1.74. The van der Waals surface area contributed by atoms with Gasteiger partial charge in [0.15, 0.2) is 0 Å². The van der Waals surface area contributed by atoms with E-state index in [-0.39, 0.29) is 6.04 Å². The summed E-state index contributed by atoms with van der Waals surface area (Å²) in [6, 6.07) is 3.60. The first kappa shape index (κ1) is 10.2. The molecule has 1 fully saturated rings. The van der Waals surface area contributed by atoms with Crippen LogP contribution in [0.3, 0.4) is 0 Å². The van der Waals surface area contributed by atoms with E-state index < -0.39 is 0 Å². The third-order valence-electron chi connectivity index (χ3n) is 2.88. The van der Waals surface area contributed by atoms with Crippen molar-refractivity contribution >= 4 is 0 Å². The first-order valence-corrected chi connectivity index (χ1v) is 5.32. The maximum absolute atomic E-state index is 9.84. The Labute approximate surface area is 89.6 Å². The highest BCUT2D eigenvalue weighted by Gasteiger charge is 2.18. The van der Waals surface area contributed by atoms with Gasteiger partial charge in [0.25, 0.3) is 0 Å². The predicted molar refractivity (Wildman–Crippen MR) is 59.4 cm³/mol. The Morgan fingerprint density at radius 2 is 2.07 bits per heavy atom. The summed E-state index contributed by atoms with van der Waals surface area (Å²) in [7, 11) is 0. The van der Waals surface area contributed by atoms with Crippen molar-refractivity contribution in [3.05, 3.63) is 41.4 Å². The molecule has 0 radical (unpaired) electrons. The molecule has 2 rings (SSSR count). The maximum atomic E-state index is 9.84. The van der Waals surface area contributed by atoms with Gasteiger partial charge in [-0.3, -0.25) is 4.98 Å². The molecule has 1 atom stereocenters. The third-order valence-corrected chi connectivity index (χ3v) is 2.88. The summed E-state index contributed by atoms with van der Waals surface area (Å²) in [5.74, 6) is 0.401. The zero-order valence-corrected chi connectivity index (χ0v) is 8.69. The molecule has 3 heteroatoms. The number of allylic oxidation sites excluding steroid dienone is 1. The number of nitrogens with zero attached hydrogens (tertiary/aromatic N) is 1. The zero-order valence-electron chi connectivity index (χ0n) is 8.69. The van der Waals surface area contributed by atoms with Crippen molar-refractivity contribution in [1.29, 1.82) is 0 Å². The molecule has 1 heterocycles. The maximum Gasteiger partial charge on any atom is 0.108 e. The average molecular weight is 204 g/mol. The topological polar surface area (TPSA) is 59.1 Å². The Balaban J connectivity index is 2.01. The lowest BCUT2D eigenvalue weighted by molar-refractivity contribution is 0.343. The van der Waals surface area contributed by atoms with E-state index in [4.69, 9.17) is 5.73 Å². The minimum absolute atomic E-state index is 0.261. The monoisotopic (exact) mass is 204 g/mol. The lowest BCUT2D eigenvalue weighted by Gasteiger charge is -2.22. The number of rotatable bonds is 3. The van der Waals surface area contributed by atoms with Crippen molar-refractivity contribution in [1.82, 2.24) is 4.98 Å². The predicted octanol–water partition coefficient (Wildman–Crippen LogP) is 1.95. The van der Waals surface area contributed by atoms with Crippen molar-refractivity contribution in [2.24, 2.45) is 5.73 Å². The van der Waals surface area contributed by atoms with Gasteiger partial charge in [-0.15, -0.1) is 0 Å².